The summed E-state index contributed by atoms with van der Waals surface area (Å²) in [6.07, 6.45) is 0. The fourth-order valence-electron chi connectivity index (χ4n) is 1.62. The van der Waals surface area contributed by atoms with Gasteiger partial charge in [-0.15, -0.1) is 0 Å². The number of benzene rings is 1. The molecule has 0 atom stereocenters. The standard InChI is InChI=1S/C12H9Cl2NO3/c1-6(16)18-5-9-8-4-7(13)2-3-10(8)15-12(17)11(9)14/h2-4H,5H2,1H3,(H,15,17). The van der Waals surface area contributed by atoms with E-state index in [2.05, 4.69) is 4.98 Å². The molecule has 4 nitrogen and oxygen atoms in total. The van der Waals surface area contributed by atoms with Gasteiger partial charge in [-0.2, -0.15) is 0 Å². The monoisotopic (exact) mass is 285 g/mol. The van der Waals surface area contributed by atoms with E-state index < -0.39 is 11.5 Å². The second-order valence-corrected chi connectivity index (χ2v) is 4.53. The summed E-state index contributed by atoms with van der Waals surface area (Å²) in [7, 11) is 0. The van der Waals surface area contributed by atoms with Gasteiger partial charge in [0.1, 0.15) is 11.6 Å². The van der Waals surface area contributed by atoms with Crippen molar-refractivity contribution in [2.45, 2.75) is 13.5 Å². The highest BCUT2D eigenvalue weighted by Gasteiger charge is 2.12. The molecule has 0 radical (unpaired) electrons. The molecule has 18 heavy (non-hydrogen) atoms. The topological polar surface area (TPSA) is 59.2 Å². The maximum atomic E-state index is 11.6. The number of halogens is 2. The molecular weight excluding hydrogens is 277 g/mol. The number of carbonyl (C=O) groups excluding carboxylic acids is 1. The van der Waals surface area contributed by atoms with E-state index in [0.717, 1.165) is 0 Å². The van der Waals surface area contributed by atoms with Crippen LogP contribution in [-0.2, 0) is 16.1 Å². The van der Waals surface area contributed by atoms with Gasteiger partial charge in [0.15, 0.2) is 0 Å². The van der Waals surface area contributed by atoms with Crippen LogP contribution < -0.4 is 5.56 Å². The maximum absolute atomic E-state index is 11.6. The van der Waals surface area contributed by atoms with Crippen LogP contribution in [0.1, 0.15) is 12.5 Å². The number of aromatic amines is 1. The molecule has 0 bridgehead atoms. The molecule has 1 heterocycles. The number of hydrogen-bond donors (Lipinski definition) is 1. The van der Waals surface area contributed by atoms with E-state index in [1.807, 2.05) is 0 Å². The van der Waals surface area contributed by atoms with Gasteiger partial charge in [-0.1, -0.05) is 23.2 Å². The van der Waals surface area contributed by atoms with Gasteiger partial charge in [-0.3, -0.25) is 9.59 Å². The van der Waals surface area contributed by atoms with E-state index in [9.17, 15) is 9.59 Å². The summed E-state index contributed by atoms with van der Waals surface area (Å²) >= 11 is 11.8. The average Bonchev–Trinajstić information content (AvgIpc) is 2.30. The molecule has 0 fully saturated rings. The van der Waals surface area contributed by atoms with E-state index in [4.69, 9.17) is 27.9 Å². The minimum atomic E-state index is -0.443. The highest BCUT2D eigenvalue weighted by molar-refractivity contribution is 6.33. The first-order chi connectivity index (χ1) is 8.49. The van der Waals surface area contributed by atoms with Crippen LogP contribution in [-0.4, -0.2) is 11.0 Å². The van der Waals surface area contributed by atoms with Crippen LogP contribution in [0.5, 0.6) is 0 Å². The normalized spacial score (nSPS) is 10.6. The van der Waals surface area contributed by atoms with E-state index in [-0.39, 0.29) is 11.6 Å². The highest BCUT2D eigenvalue weighted by Crippen LogP contribution is 2.25. The Morgan fingerprint density at radius 2 is 2.11 bits per heavy atom. The van der Waals surface area contributed by atoms with Crippen molar-refractivity contribution >= 4 is 40.1 Å². The first kappa shape index (κ1) is 12.9. The smallest absolute Gasteiger partial charge is 0.302 e. The molecule has 0 saturated heterocycles. The van der Waals surface area contributed by atoms with Crippen molar-refractivity contribution in [3.05, 3.63) is 44.2 Å². The molecule has 0 spiro atoms. The molecule has 6 heteroatoms. The van der Waals surface area contributed by atoms with E-state index in [1.54, 1.807) is 18.2 Å². The third-order valence-corrected chi connectivity index (χ3v) is 3.07. The van der Waals surface area contributed by atoms with E-state index in [1.165, 1.54) is 6.92 Å². The lowest BCUT2D eigenvalue weighted by Gasteiger charge is -2.09. The summed E-state index contributed by atoms with van der Waals surface area (Å²) in [5, 5.41) is 1.18. The molecule has 94 valence electrons. The Morgan fingerprint density at radius 3 is 2.78 bits per heavy atom. The lowest BCUT2D eigenvalue weighted by atomic mass is 10.1. The predicted octanol–water partition coefficient (Wildman–Crippen LogP) is 2.90. The number of pyridine rings is 1. The van der Waals surface area contributed by atoms with Gasteiger partial charge in [-0.25, -0.2) is 0 Å². The van der Waals surface area contributed by atoms with Crippen molar-refractivity contribution in [2.75, 3.05) is 0 Å². The van der Waals surface area contributed by atoms with Crippen molar-refractivity contribution < 1.29 is 9.53 Å². The predicted molar refractivity (Wildman–Crippen MR) is 70.1 cm³/mol. The minimum Gasteiger partial charge on any atom is -0.461 e. The van der Waals surface area contributed by atoms with Gasteiger partial charge < -0.3 is 9.72 Å². The molecule has 2 rings (SSSR count). The Kier molecular flexibility index (Phi) is 3.59. The molecule has 1 aromatic carbocycles. The quantitative estimate of drug-likeness (QED) is 0.863. The number of rotatable bonds is 2. The lowest BCUT2D eigenvalue weighted by Crippen LogP contribution is -2.11. The van der Waals surface area contributed by atoms with E-state index >= 15 is 0 Å². The number of hydrogen-bond acceptors (Lipinski definition) is 3. The number of esters is 1. The van der Waals surface area contributed by atoms with Crippen molar-refractivity contribution in [1.29, 1.82) is 0 Å². The van der Waals surface area contributed by atoms with Crippen LogP contribution >= 0.6 is 23.2 Å². The zero-order chi connectivity index (χ0) is 13.3. The zero-order valence-electron chi connectivity index (χ0n) is 9.42. The number of H-pyrrole nitrogens is 1. The number of ether oxygens (including phenoxy) is 1. The summed E-state index contributed by atoms with van der Waals surface area (Å²) in [4.78, 5) is 25.1. The van der Waals surface area contributed by atoms with Crippen molar-refractivity contribution in [3.63, 3.8) is 0 Å². The summed E-state index contributed by atoms with van der Waals surface area (Å²) in [6, 6.07) is 4.99. The molecule has 0 aliphatic heterocycles. The second-order valence-electron chi connectivity index (χ2n) is 3.72. The molecule has 2 aromatic rings. The van der Waals surface area contributed by atoms with Crippen LogP contribution in [0.15, 0.2) is 23.0 Å². The Bertz CT molecular complexity index is 679. The molecule has 1 aromatic heterocycles. The van der Waals surface area contributed by atoms with Gasteiger partial charge in [0.2, 0.25) is 0 Å². The van der Waals surface area contributed by atoms with Crippen molar-refractivity contribution in [2.24, 2.45) is 0 Å². The molecule has 0 unspecified atom stereocenters. The van der Waals surface area contributed by atoms with Gasteiger partial charge in [0, 0.05) is 28.4 Å². The zero-order valence-corrected chi connectivity index (χ0v) is 10.9. The number of nitrogens with one attached hydrogen (secondary N) is 1. The van der Waals surface area contributed by atoms with Crippen LogP contribution in [0, 0.1) is 0 Å². The molecule has 1 N–H and O–H groups in total. The highest BCUT2D eigenvalue weighted by atomic mass is 35.5. The third kappa shape index (κ3) is 2.49. The molecule has 0 amide bonds. The Labute approximate surface area is 112 Å². The second kappa shape index (κ2) is 5.00. The van der Waals surface area contributed by atoms with Gasteiger partial charge >= 0.3 is 5.97 Å². The van der Waals surface area contributed by atoms with Crippen molar-refractivity contribution in [1.82, 2.24) is 4.98 Å². The molecule has 0 aliphatic carbocycles. The number of aromatic nitrogens is 1. The van der Waals surface area contributed by atoms with Crippen molar-refractivity contribution in [3.8, 4) is 0 Å². The minimum absolute atomic E-state index is 0.00557. The van der Waals surface area contributed by atoms with Gasteiger partial charge in [-0.05, 0) is 18.2 Å². The molecular formula is C12H9Cl2NO3. The van der Waals surface area contributed by atoms with Crippen LogP contribution in [0.3, 0.4) is 0 Å². The summed E-state index contributed by atoms with van der Waals surface area (Å²) in [5.41, 5.74) is 0.623. The van der Waals surface area contributed by atoms with Gasteiger partial charge in [0.05, 0.1) is 0 Å². The Hall–Kier alpha value is -1.52. The fourth-order valence-corrected chi connectivity index (χ4v) is 2.00. The maximum Gasteiger partial charge on any atom is 0.302 e. The first-order valence-corrected chi connectivity index (χ1v) is 5.88. The Morgan fingerprint density at radius 1 is 1.39 bits per heavy atom. The largest absolute Gasteiger partial charge is 0.461 e. The fraction of sp³-hybridized carbons (Fsp3) is 0.167. The number of carbonyl (C=O) groups is 1. The average molecular weight is 286 g/mol. The van der Waals surface area contributed by atoms with E-state index in [0.29, 0.717) is 21.5 Å². The Balaban J connectivity index is 2.66. The van der Waals surface area contributed by atoms with Crippen LogP contribution in [0.2, 0.25) is 10.0 Å². The molecule has 0 aliphatic rings. The lowest BCUT2D eigenvalue weighted by molar-refractivity contribution is -0.142. The third-order valence-electron chi connectivity index (χ3n) is 2.44. The molecule has 0 saturated carbocycles. The van der Waals surface area contributed by atoms with Gasteiger partial charge in [0.25, 0.3) is 5.56 Å². The van der Waals surface area contributed by atoms with Crippen LogP contribution in [0.4, 0.5) is 0 Å². The summed E-state index contributed by atoms with van der Waals surface area (Å²) in [5.74, 6) is -0.443. The number of fused-ring (bicyclic) bond motifs is 1. The summed E-state index contributed by atoms with van der Waals surface area (Å²) in [6.45, 7) is 1.23. The first-order valence-electron chi connectivity index (χ1n) is 5.12. The SMILES string of the molecule is CC(=O)OCc1c(Cl)c(=O)[nH]c2ccc(Cl)cc12. The summed E-state index contributed by atoms with van der Waals surface area (Å²) < 4.78 is 4.89. The van der Waals surface area contributed by atoms with Crippen LogP contribution in [0.25, 0.3) is 10.9 Å².